The molecule has 2 rings (SSSR count). The molecule has 0 aromatic heterocycles. The van der Waals surface area contributed by atoms with Crippen LogP contribution in [0.5, 0.6) is 5.75 Å². The van der Waals surface area contributed by atoms with Crippen LogP contribution in [-0.4, -0.2) is 11.9 Å². The van der Waals surface area contributed by atoms with E-state index in [1.165, 1.54) is 12.1 Å². The van der Waals surface area contributed by atoms with Crippen molar-refractivity contribution >= 4 is 40.8 Å². The molecule has 0 aliphatic rings. The Morgan fingerprint density at radius 2 is 1.67 bits per heavy atom. The smallest absolute Gasteiger partial charge is 0.315 e. The third kappa shape index (κ3) is 4.98. The summed E-state index contributed by atoms with van der Waals surface area (Å²) in [4.78, 5) is 23.7. The predicted molar refractivity (Wildman–Crippen MR) is 95.7 cm³/mol. The van der Waals surface area contributed by atoms with Crippen LogP contribution in [0.15, 0.2) is 42.5 Å². The van der Waals surface area contributed by atoms with E-state index in [2.05, 4.69) is 5.32 Å². The highest BCUT2D eigenvalue weighted by Crippen LogP contribution is 2.35. The number of carbonyl (C=O) groups is 2. The van der Waals surface area contributed by atoms with E-state index in [0.717, 1.165) is 5.56 Å². The molecule has 0 saturated carbocycles. The maximum Gasteiger partial charge on any atom is 0.315 e. The van der Waals surface area contributed by atoms with Gasteiger partial charge in [-0.3, -0.25) is 9.59 Å². The summed E-state index contributed by atoms with van der Waals surface area (Å²) in [6.07, 6.45) is 0.141. The van der Waals surface area contributed by atoms with Crippen LogP contribution in [0.4, 0.5) is 5.69 Å². The molecule has 126 valence electrons. The molecule has 0 aliphatic heterocycles. The lowest BCUT2D eigenvalue weighted by Crippen LogP contribution is -2.18. The third-order valence-electron chi connectivity index (χ3n) is 3.21. The van der Waals surface area contributed by atoms with Gasteiger partial charge in [-0.1, -0.05) is 67.4 Å². The molecule has 1 amide bonds. The van der Waals surface area contributed by atoms with E-state index in [1.807, 2.05) is 30.3 Å². The highest BCUT2D eigenvalue weighted by atomic mass is 35.5. The number of anilines is 1. The maximum atomic E-state index is 12.0. The summed E-state index contributed by atoms with van der Waals surface area (Å²) in [5.74, 6) is -0.603. The Kier molecular flexibility index (Phi) is 6.23. The number of nitrogens with one attached hydrogen (secondary N) is 1. The van der Waals surface area contributed by atoms with Gasteiger partial charge in [0.15, 0.2) is 0 Å². The highest BCUT2D eigenvalue weighted by molar-refractivity contribution is 6.40. The number of rotatable bonds is 5. The molecule has 0 saturated heterocycles. The zero-order valence-electron chi connectivity index (χ0n) is 13.3. The second-order valence-corrected chi connectivity index (χ2v) is 6.36. The number of benzene rings is 2. The molecule has 0 fully saturated rings. The predicted octanol–water partition coefficient (Wildman–Crippen LogP) is 4.74. The number of hydrogen-bond acceptors (Lipinski definition) is 3. The maximum absolute atomic E-state index is 12.0. The molecule has 2 aromatic carbocycles. The third-order valence-corrected chi connectivity index (χ3v) is 3.81. The van der Waals surface area contributed by atoms with E-state index in [1.54, 1.807) is 13.8 Å². The molecule has 0 heterocycles. The van der Waals surface area contributed by atoms with Crippen LogP contribution in [0.3, 0.4) is 0 Å². The molecule has 0 atom stereocenters. The molecule has 6 heteroatoms. The summed E-state index contributed by atoms with van der Waals surface area (Å²) in [6, 6.07) is 12.2. The molecule has 0 aliphatic carbocycles. The first-order valence-corrected chi connectivity index (χ1v) is 8.17. The summed E-state index contributed by atoms with van der Waals surface area (Å²) < 4.78 is 5.27. The van der Waals surface area contributed by atoms with Gasteiger partial charge in [0.2, 0.25) is 5.91 Å². The number of ether oxygens (including phenoxy) is 1. The normalized spacial score (nSPS) is 10.5. The Labute approximate surface area is 150 Å². The average molecular weight is 366 g/mol. The van der Waals surface area contributed by atoms with Crippen molar-refractivity contribution in [3.63, 3.8) is 0 Å². The van der Waals surface area contributed by atoms with Gasteiger partial charge in [0.1, 0.15) is 5.75 Å². The Bertz CT molecular complexity index is 722. The summed E-state index contributed by atoms with van der Waals surface area (Å²) in [6.45, 7) is 3.52. The van der Waals surface area contributed by atoms with Crippen LogP contribution in [0, 0.1) is 5.92 Å². The number of carbonyl (C=O) groups excluding carboxylic acids is 2. The fraction of sp³-hybridized carbons (Fsp3) is 0.222. The van der Waals surface area contributed by atoms with Gasteiger partial charge < -0.3 is 10.1 Å². The Balaban J connectivity index is 2.09. The van der Waals surface area contributed by atoms with Crippen LogP contribution in [0.25, 0.3) is 0 Å². The van der Waals surface area contributed by atoms with E-state index in [9.17, 15) is 9.59 Å². The van der Waals surface area contributed by atoms with Crippen LogP contribution in [0.2, 0.25) is 10.0 Å². The molecule has 0 unspecified atom stereocenters. The molecule has 0 spiro atoms. The summed E-state index contributed by atoms with van der Waals surface area (Å²) in [7, 11) is 0. The molecule has 0 radical (unpaired) electrons. The number of esters is 1. The average Bonchev–Trinajstić information content (AvgIpc) is 2.51. The van der Waals surface area contributed by atoms with Gasteiger partial charge in [-0.05, 0) is 5.56 Å². The minimum Gasteiger partial charge on any atom is -0.426 e. The number of hydrogen-bond donors (Lipinski definition) is 1. The molecule has 0 bridgehead atoms. The fourth-order valence-electron chi connectivity index (χ4n) is 1.93. The van der Waals surface area contributed by atoms with Gasteiger partial charge in [0.25, 0.3) is 0 Å². The van der Waals surface area contributed by atoms with Gasteiger partial charge in [0.05, 0.1) is 22.2 Å². The van der Waals surface area contributed by atoms with Crippen molar-refractivity contribution in [3.8, 4) is 5.75 Å². The van der Waals surface area contributed by atoms with Crippen molar-refractivity contribution < 1.29 is 14.3 Å². The van der Waals surface area contributed by atoms with Crippen molar-refractivity contribution in [1.29, 1.82) is 0 Å². The topological polar surface area (TPSA) is 55.4 Å². The van der Waals surface area contributed by atoms with Crippen LogP contribution < -0.4 is 10.1 Å². The van der Waals surface area contributed by atoms with Gasteiger partial charge in [-0.15, -0.1) is 0 Å². The SMILES string of the molecule is CC(C)C(=O)Nc1c(Cl)cc(OC(=O)Cc2ccccc2)cc1Cl. The molecule has 4 nitrogen and oxygen atoms in total. The lowest BCUT2D eigenvalue weighted by molar-refractivity contribution is -0.133. The fourth-order valence-corrected chi connectivity index (χ4v) is 2.49. The second-order valence-electron chi connectivity index (χ2n) is 5.54. The minimum atomic E-state index is -0.424. The number of halogens is 2. The molecule has 2 aromatic rings. The van der Waals surface area contributed by atoms with E-state index in [0.29, 0.717) is 5.69 Å². The van der Waals surface area contributed by atoms with Crippen molar-refractivity contribution in [2.75, 3.05) is 5.32 Å². The van der Waals surface area contributed by atoms with E-state index in [4.69, 9.17) is 27.9 Å². The second kappa shape index (κ2) is 8.18. The Hall–Kier alpha value is -2.04. The Morgan fingerprint density at radius 1 is 1.08 bits per heavy atom. The van der Waals surface area contributed by atoms with E-state index < -0.39 is 5.97 Å². The summed E-state index contributed by atoms with van der Waals surface area (Å²) in [5, 5.41) is 3.07. The quantitative estimate of drug-likeness (QED) is 0.615. The molecular formula is C18H17Cl2NO3. The standard InChI is InChI=1S/C18H17Cl2NO3/c1-11(2)18(23)21-17-14(19)9-13(10-15(17)20)24-16(22)8-12-6-4-3-5-7-12/h3-7,9-11H,8H2,1-2H3,(H,21,23). The van der Waals surface area contributed by atoms with Crippen LogP contribution >= 0.6 is 23.2 Å². The van der Waals surface area contributed by atoms with Gasteiger partial charge in [-0.2, -0.15) is 0 Å². The van der Waals surface area contributed by atoms with Crippen LogP contribution in [0.1, 0.15) is 19.4 Å². The zero-order chi connectivity index (χ0) is 17.7. The van der Waals surface area contributed by atoms with Crippen molar-refractivity contribution in [2.45, 2.75) is 20.3 Å². The summed E-state index contributed by atoms with van der Waals surface area (Å²) in [5.41, 5.74) is 1.15. The lowest BCUT2D eigenvalue weighted by atomic mass is 10.1. The van der Waals surface area contributed by atoms with Crippen molar-refractivity contribution in [2.24, 2.45) is 5.92 Å². The minimum absolute atomic E-state index is 0.141. The largest absolute Gasteiger partial charge is 0.426 e. The van der Waals surface area contributed by atoms with Gasteiger partial charge in [0, 0.05) is 18.1 Å². The van der Waals surface area contributed by atoms with E-state index in [-0.39, 0.29) is 34.0 Å². The van der Waals surface area contributed by atoms with Crippen molar-refractivity contribution in [1.82, 2.24) is 0 Å². The first-order chi connectivity index (χ1) is 11.4. The highest BCUT2D eigenvalue weighted by Gasteiger charge is 2.15. The van der Waals surface area contributed by atoms with Crippen LogP contribution in [-0.2, 0) is 16.0 Å². The molecular weight excluding hydrogens is 349 g/mol. The number of amides is 1. The molecule has 24 heavy (non-hydrogen) atoms. The first kappa shape index (κ1) is 18.3. The summed E-state index contributed by atoms with van der Waals surface area (Å²) >= 11 is 12.3. The zero-order valence-corrected chi connectivity index (χ0v) is 14.8. The molecule has 1 N–H and O–H groups in total. The monoisotopic (exact) mass is 365 g/mol. The van der Waals surface area contributed by atoms with Gasteiger partial charge >= 0.3 is 5.97 Å². The lowest BCUT2D eigenvalue weighted by Gasteiger charge is -2.13. The first-order valence-electron chi connectivity index (χ1n) is 7.41. The van der Waals surface area contributed by atoms with Crippen molar-refractivity contribution in [3.05, 3.63) is 58.1 Å². The van der Waals surface area contributed by atoms with Gasteiger partial charge in [-0.25, -0.2) is 0 Å². The van der Waals surface area contributed by atoms with E-state index >= 15 is 0 Å². The Morgan fingerprint density at radius 3 is 2.21 bits per heavy atom.